The van der Waals surface area contributed by atoms with Crippen LogP contribution in [-0.4, -0.2) is 41.7 Å². The van der Waals surface area contributed by atoms with Gasteiger partial charge in [-0.25, -0.2) is 4.98 Å². The minimum absolute atomic E-state index is 0.189. The van der Waals surface area contributed by atoms with Crippen LogP contribution in [0, 0.1) is 5.92 Å². The average molecular weight is 470 g/mol. The van der Waals surface area contributed by atoms with E-state index < -0.39 is 17.9 Å². The Morgan fingerprint density at radius 2 is 1.77 bits per heavy atom. The van der Waals surface area contributed by atoms with E-state index in [9.17, 15) is 9.59 Å². The largest absolute Gasteiger partial charge is 0.497 e. The van der Waals surface area contributed by atoms with E-state index in [-0.39, 0.29) is 12.5 Å². The summed E-state index contributed by atoms with van der Waals surface area (Å²) in [6.07, 6.45) is 0.634. The number of esters is 1. The number of ether oxygens (including phenoxy) is 2. The molecule has 1 aliphatic heterocycles. The van der Waals surface area contributed by atoms with E-state index in [1.54, 1.807) is 18.9 Å². The number of methoxy groups -OCH3 is 1. The van der Waals surface area contributed by atoms with Gasteiger partial charge in [0.2, 0.25) is 11.9 Å². The highest BCUT2D eigenvalue weighted by Crippen LogP contribution is 2.42. The summed E-state index contributed by atoms with van der Waals surface area (Å²) >= 11 is 0. The van der Waals surface area contributed by atoms with Crippen molar-refractivity contribution in [3.05, 3.63) is 90.0 Å². The number of hydrogen-bond donors (Lipinski definition) is 0. The van der Waals surface area contributed by atoms with Crippen molar-refractivity contribution in [3.63, 3.8) is 0 Å². The number of aromatic nitrogens is 2. The summed E-state index contributed by atoms with van der Waals surface area (Å²) in [4.78, 5) is 33.8. The molecule has 7 heteroatoms. The maximum Gasteiger partial charge on any atom is 0.321 e. The summed E-state index contributed by atoms with van der Waals surface area (Å²) in [5.41, 5.74) is 3.49. The lowest BCUT2D eigenvalue weighted by molar-refractivity contribution is -0.153. The second-order valence-corrected chi connectivity index (χ2v) is 8.45. The van der Waals surface area contributed by atoms with Crippen molar-refractivity contribution in [2.75, 3.05) is 25.2 Å². The monoisotopic (exact) mass is 469 g/mol. The fourth-order valence-corrected chi connectivity index (χ4v) is 4.77. The molecule has 0 spiro atoms. The molecule has 4 aromatic rings. The molecule has 5 rings (SSSR count). The number of amides is 1. The van der Waals surface area contributed by atoms with E-state index in [1.807, 2.05) is 83.4 Å². The van der Waals surface area contributed by atoms with E-state index in [0.717, 1.165) is 22.2 Å². The number of imidazole rings is 1. The highest BCUT2D eigenvalue weighted by atomic mass is 16.5. The molecule has 2 atom stereocenters. The Labute approximate surface area is 203 Å². The van der Waals surface area contributed by atoms with Crippen LogP contribution in [0.2, 0.25) is 0 Å². The third-order valence-electron chi connectivity index (χ3n) is 6.39. The lowest BCUT2D eigenvalue weighted by Gasteiger charge is -2.38. The quantitative estimate of drug-likeness (QED) is 0.296. The molecule has 0 radical (unpaired) electrons. The number of carbonyl (C=O) groups is 2. The maximum atomic E-state index is 14.0. The Hall–Kier alpha value is -4.13. The number of rotatable bonds is 7. The molecule has 0 N–H and O–H groups in total. The summed E-state index contributed by atoms with van der Waals surface area (Å²) in [6, 6.07) is 24.6. The van der Waals surface area contributed by atoms with Crippen molar-refractivity contribution in [1.82, 2.24) is 9.55 Å². The Morgan fingerprint density at radius 3 is 2.54 bits per heavy atom. The number of benzene rings is 3. The Balaban J connectivity index is 1.69. The van der Waals surface area contributed by atoms with Crippen molar-refractivity contribution >= 4 is 28.9 Å². The van der Waals surface area contributed by atoms with Gasteiger partial charge in [0.1, 0.15) is 5.75 Å². The van der Waals surface area contributed by atoms with Gasteiger partial charge < -0.3 is 14.0 Å². The molecule has 0 saturated carbocycles. The van der Waals surface area contributed by atoms with E-state index in [0.29, 0.717) is 24.7 Å². The number of anilines is 1. The number of fused-ring (bicyclic) bond motifs is 3. The van der Waals surface area contributed by atoms with Gasteiger partial charge in [0.05, 0.1) is 30.8 Å². The fourth-order valence-electron chi connectivity index (χ4n) is 4.77. The van der Waals surface area contributed by atoms with E-state index >= 15 is 0 Å². The molecule has 7 nitrogen and oxygen atoms in total. The second-order valence-electron chi connectivity index (χ2n) is 8.45. The summed E-state index contributed by atoms with van der Waals surface area (Å²) in [5, 5.41) is 0. The number of nitrogens with zero attached hydrogens (tertiary/aromatic N) is 3. The molecule has 2 heterocycles. The first-order chi connectivity index (χ1) is 17.1. The molecule has 0 saturated heterocycles. The minimum atomic E-state index is -1.05. The van der Waals surface area contributed by atoms with Crippen LogP contribution < -0.4 is 9.64 Å². The van der Waals surface area contributed by atoms with Crippen molar-refractivity contribution < 1.29 is 19.1 Å². The predicted molar refractivity (Wildman–Crippen MR) is 133 cm³/mol. The topological polar surface area (TPSA) is 73.7 Å². The third-order valence-corrected chi connectivity index (χ3v) is 6.39. The van der Waals surface area contributed by atoms with Crippen LogP contribution in [0.15, 0.2) is 78.9 Å². The molecule has 0 fully saturated rings. The Morgan fingerprint density at radius 1 is 1.00 bits per heavy atom. The molecule has 178 valence electrons. The summed E-state index contributed by atoms with van der Waals surface area (Å²) in [7, 11) is 1.59. The van der Waals surface area contributed by atoms with Gasteiger partial charge in [0.25, 0.3) is 0 Å². The van der Waals surface area contributed by atoms with Crippen molar-refractivity contribution in [2.24, 2.45) is 5.92 Å². The van der Waals surface area contributed by atoms with Crippen LogP contribution in [-0.2, 0) is 20.7 Å². The molecule has 0 unspecified atom stereocenters. The molecule has 1 aromatic heterocycles. The first-order valence-electron chi connectivity index (χ1n) is 11.7. The second kappa shape index (κ2) is 9.62. The first-order valence-corrected chi connectivity index (χ1v) is 11.7. The van der Waals surface area contributed by atoms with Crippen molar-refractivity contribution in [2.45, 2.75) is 19.4 Å². The zero-order chi connectivity index (χ0) is 24.4. The molecular formula is C28H27N3O4. The van der Waals surface area contributed by atoms with Crippen LogP contribution in [0.5, 0.6) is 5.75 Å². The number of hydrogen-bond acceptors (Lipinski definition) is 5. The van der Waals surface area contributed by atoms with Crippen LogP contribution >= 0.6 is 0 Å². The predicted octanol–water partition coefficient (Wildman–Crippen LogP) is 4.40. The van der Waals surface area contributed by atoms with Crippen LogP contribution in [0.3, 0.4) is 0 Å². The van der Waals surface area contributed by atoms with Gasteiger partial charge >= 0.3 is 5.97 Å². The first kappa shape index (κ1) is 22.7. The summed E-state index contributed by atoms with van der Waals surface area (Å²) in [5.74, 6) is -0.730. The maximum absolute atomic E-state index is 14.0. The van der Waals surface area contributed by atoms with Crippen LogP contribution in [0.25, 0.3) is 11.0 Å². The van der Waals surface area contributed by atoms with Gasteiger partial charge in [0, 0.05) is 6.54 Å². The molecule has 0 aliphatic carbocycles. The smallest absolute Gasteiger partial charge is 0.321 e. The lowest BCUT2D eigenvalue weighted by Crippen LogP contribution is -2.50. The van der Waals surface area contributed by atoms with Gasteiger partial charge in [-0.2, -0.15) is 0 Å². The van der Waals surface area contributed by atoms with Gasteiger partial charge in [-0.1, -0.05) is 54.6 Å². The molecule has 3 aromatic carbocycles. The van der Waals surface area contributed by atoms with Crippen molar-refractivity contribution in [1.29, 1.82) is 0 Å². The van der Waals surface area contributed by atoms with Crippen molar-refractivity contribution in [3.8, 4) is 5.75 Å². The number of carbonyl (C=O) groups excluding carboxylic acids is 2. The fraction of sp³-hybridized carbons (Fsp3) is 0.250. The van der Waals surface area contributed by atoms with E-state index in [2.05, 4.69) is 0 Å². The van der Waals surface area contributed by atoms with Gasteiger partial charge in [-0.3, -0.25) is 14.5 Å². The Kier molecular flexibility index (Phi) is 6.23. The molecule has 1 amide bonds. The van der Waals surface area contributed by atoms with Gasteiger partial charge in [0.15, 0.2) is 5.92 Å². The molecule has 1 aliphatic rings. The highest BCUT2D eigenvalue weighted by molar-refractivity contribution is 6.08. The zero-order valence-electron chi connectivity index (χ0n) is 19.8. The summed E-state index contributed by atoms with van der Waals surface area (Å²) < 4.78 is 12.9. The van der Waals surface area contributed by atoms with Gasteiger partial charge in [-0.15, -0.1) is 0 Å². The minimum Gasteiger partial charge on any atom is -0.497 e. The van der Waals surface area contributed by atoms with Gasteiger partial charge in [-0.05, 0) is 48.7 Å². The highest BCUT2D eigenvalue weighted by Gasteiger charge is 2.47. The summed E-state index contributed by atoms with van der Waals surface area (Å²) in [6.45, 7) is 2.33. The molecule has 35 heavy (non-hydrogen) atoms. The lowest BCUT2D eigenvalue weighted by atomic mass is 9.89. The Bertz CT molecular complexity index is 1370. The van der Waals surface area contributed by atoms with E-state index in [1.165, 1.54) is 0 Å². The third kappa shape index (κ3) is 4.14. The SMILES string of the molecule is CCOC(=O)[C@H]1C(=O)N(CCc2ccccc2)c2nc3ccccc3n2[C@H]1c1cccc(OC)c1. The standard InChI is InChI=1S/C28H27N3O4/c1-3-35-27(33)24-25(20-12-9-13-21(18-20)34-2)31-23-15-8-7-14-22(23)29-28(31)30(26(24)32)17-16-19-10-5-4-6-11-19/h4-15,18,24-25H,3,16-17H2,1-2H3/t24-,25+/m1/s1. The normalized spacial score (nSPS) is 17.3. The molecular weight excluding hydrogens is 442 g/mol. The molecule has 0 bridgehead atoms. The van der Waals surface area contributed by atoms with Crippen LogP contribution in [0.1, 0.15) is 24.1 Å². The van der Waals surface area contributed by atoms with E-state index in [4.69, 9.17) is 14.5 Å². The van der Waals surface area contributed by atoms with Crippen LogP contribution in [0.4, 0.5) is 5.95 Å². The average Bonchev–Trinajstić information content (AvgIpc) is 3.27. The number of para-hydroxylation sites is 2. The zero-order valence-corrected chi connectivity index (χ0v) is 19.8.